The van der Waals surface area contributed by atoms with Gasteiger partial charge in [-0.1, -0.05) is 30.3 Å². The van der Waals surface area contributed by atoms with Gasteiger partial charge in [0, 0.05) is 5.56 Å². The summed E-state index contributed by atoms with van der Waals surface area (Å²) in [5.74, 6) is 0.848. The average molecular weight is 358 g/mol. The van der Waals surface area contributed by atoms with E-state index in [-0.39, 0.29) is 29.9 Å². The summed E-state index contributed by atoms with van der Waals surface area (Å²) in [6, 6.07) is 16.4. The Morgan fingerprint density at radius 2 is 1.78 bits per heavy atom. The number of rotatable bonds is 2. The number of furan rings is 1. The molecular formula is C22H14O5. The standard InChI is InChI=1S/C22H14O5/c23-19-12-15(16-7-4-10-25-16)20-17(26-19)9-8-14-21(24)18(27-22(14)20)11-13-5-2-1-3-6-13/h1-11,15H,12H2/b18-11-/t15-/m1/s1. The van der Waals surface area contributed by atoms with Crippen molar-refractivity contribution in [2.24, 2.45) is 0 Å². The molecule has 132 valence electrons. The molecule has 0 fully saturated rings. The maximum atomic E-state index is 12.8. The van der Waals surface area contributed by atoms with Crippen LogP contribution in [0, 0.1) is 0 Å². The summed E-state index contributed by atoms with van der Waals surface area (Å²) < 4.78 is 16.9. The fraction of sp³-hybridized carbons (Fsp3) is 0.0909. The predicted molar refractivity (Wildman–Crippen MR) is 96.6 cm³/mol. The summed E-state index contributed by atoms with van der Waals surface area (Å²) in [6.07, 6.45) is 3.41. The first kappa shape index (κ1) is 15.6. The molecule has 2 aliphatic rings. The summed E-state index contributed by atoms with van der Waals surface area (Å²) in [5.41, 5.74) is 2.01. The van der Waals surface area contributed by atoms with E-state index in [1.807, 2.05) is 36.4 Å². The van der Waals surface area contributed by atoms with Crippen LogP contribution in [-0.2, 0) is 4.79 Å². The van der Waals surface area contributed by atoms with Crippen molar-refractivity contribution in [1.82, 2.24) is 0 Å². The highest BCUT2D eigenvalue weighted by molar-refractivity contribution is 6.15. The molecule has 0 aliphatic carbocycles. The van der Waals surface area contributed by atoms with Gasteiger partial charge in [0.1, 0.15) is 17.3 Å². The monoisotopic (exact) mass is 358 g/mol. The van der Waals surface area contributed by atoms with E-state index in [1.165, 1.54) is 0 Å². The minimum atomic E-state index is -0.352. The number of hydrogen-bond donors (Lipinski definition) is 0. The zero-order valence-electron chi connectivity index (χ0n) is 14.2. The Balaban J connectivity index is 1.63. The van der Waals surface area contributed by atoms with E-state index in [0.29, 0.717) is 28.4 Å². The lowest BCUT2D eigenvalue weighted by molar-refractivity contribution is -0.135. The Hall–Kier alpha value is -3.60. The number of benzene rings is 2. The van der Waals surface area contributed by atoms with Crippen LogP contribution in [-0.4, -0.2) is 11.8 Å². The van der Waals surface area contributed by atoms with Crippen LogP contribution < -0.4 is 9.47 Å². The summed E-state index contributed by atoms with van der Waals surface area (Å²) in [6.45, 7) is 0. The van der Waals surface area contributed by atoms with Crippen molar-refractivity contribution < 1.29 is 23.5 Å². The molecule has 3 heterocycles. The van der Waals surface area contributed by atoms with E-state index in [2.05, 4.69) is 0 Å². The number of hydrogen-bond acceptors (Lipinski definition) is 5. The molecule has 2 aromatic carbocycles. The molecule has 5 rings (SSSR count). The molecule has 1 aromatic heterocycles. The van der Waals surface area contributed by atoms with Crippen molar-refractivity contribution in [3.05, 3.63) is 89.1 Å². The SMILES string of the molecule is O=C1C[C@H](c2ccco2)c2c(ccc3c2O/C(=C\c2ccccc2)C3=O)O1. The van der Waals surface area contributed by atoms with E-state index in [4.69, 9.17) is 13.9 Å². The minimum absolute atomic E-state index is 0.131. The van der Waals surface area contributed by atoms with Crippen LogP contribution in [0.3, 0.4) is 0 Å². The van der Waals surface area contributed by atoms with Gasteiger partial charge in [-0.25, -0.2) is 0 Å². The number of carbonyl (C=O) groups excluding carboxylic acids is 2. The van der Waals surface area contributed by atoms with Crippen molar-refractivity contribution in [1.29, 1.82) is 0 Å². The molecule has 0 saturated carbocycles. The number of esters is 1. The van der Waals surface area contributed by atoms with Gasteiger partial charge in [-0.2, -0.15) is 0 Å². The normalized spacial score (nSPS) is 19.4. The maximum Gasteiger partial charge on any atom is 0.312 e. The smallest absolute Gasteiger partial charge is 0.312 e. The molecule has 0 bridgehead atoms. The summed E-state index contributed by atoms with van der Waals surface area (Å²) in [4.78, 5) is 24.8. The summed E-state index contributed by atoms with van der Waals surface area (Å²) in [5, 5.41) is 0. The van der Waals surface area contributed by atoms with Crippen LogP contribution >= 0.6 is 0 Å². The molecule has 0 radical (unpaired) electrons. The quantitative estimate of drug-likeness (QED) is 0.387. The number of fused-ring (bicyclic) bond motifs is 3. The van der Waals surface area contributed by atoms with E-state index < -0.39 is 0 Å². The van der Waals surface area contributed by atoms with Gasteiger partial charge in [0.15, 0.2) is 5.76 Å². The number of carbonyl (C=O) groups is 2. The van der Waals surface area contributed by atoms with Crippen molar-refractivity contribution in [3.8, 4) is 11.5 Å². The fourth-order valence-corrected chi connectivity index (χ4v) is 3.54. The van der Waals surface area contributed by atoms with Crippen LogP contribution in [0.5, 0.6) is 11.5 Å². The Kier molecular flexibility index (Phi) is 3.47. The Morgan fingerprint density at radius 3 is 2.56 bits per heavy atom. The van der Waals surface area contributed by atoms with Gasteiger partial charge in [-0.05, 0) is 35.9 Å². The molecule has 0 spiro atoms. The summed E-state index contributed by atoms with van der Waals surface area (Å²) >= 11 is 0. The molecule has 5 heteroatoms. The molecule has 3 aromatic rings. The van der Waals surface area contributed by atoms with Gasteiger partial charge in [-0.15, -0.1) is 0 Å². The molecule has 0 unspecified atom stereocenters. The van der Waals surface area contributed by atoms with Crippen molar-refractivity contribution in [2.75, 3.05) is 0 Å². The van der Waals surface area contributed by atoms with Gasteiger partial charge in [-0.3, -0.25) is 9.59 Å². The second-order valence-electron chi connectivity index (χ2n) is 6.45. The van der Waals surface area contributed by atoms with E-state index in [9.17, 15) is 9.59 Å². The van der Waals surface area contributed by atoms with Gasteiger partial charge in [0.05, 0.1) is 24.2 Å². The molecule has 1 atom stereocenters. The predicted octanol–water partition coefficient (Wildman–Crippen LogP) is 4.34. The number of allylic oxidation sites excluding steroid dienone is 1. The first-order valence-electron chi connectivity index (χ1n) is 8.61. The number of ketones is 1. The van der Waals surface area contributed by atoms with Crippen molar-refractivity contribution in [3.63, 3.8) is 0 Å². The highest BCUT2D eigenvalue weighted by atomic mass is 16.5. The van der Waals surface area contributed by atoms with E-state index >= 15 is 0 Å². The van der Waals surface area contributed by atoms with E-state index in [0.717, 1.165) is 5.56 Å². The molecule has 0 N–H and O–H groups in total. The molecule has 0 saturated heterocycles. The minimum Gasteiger partial charge on any atom is -0.469 e. The number of Topliss-reactive ketones (excluding diaryl/α,β-unsaturated/α-hetero) is 1. The third kappa shape index (κ3) is 2.56. The molecular weight excluding hydrogens is 344 g/mol. The number of ether oxygens (including phenoxy) is 2. The fourth-order valence-electron chi connectivity index (χ4n) is 3.54. The Morgan fingerprint density at radius 1 is 0.926 bits per heavy atom. The lowest BCUT2D eigenvalue weighted by Gasteiger charge is -2.24. The topological polar surface area (TPSA) is 65.7 Å². The van der Waals surface area contributed by atoms with Crippen LogP contribution in [0.2, 0.25) is 0 Å². The molecule has 27 heavy (non-hydrogen) atoms. The second-order valence-corrected chi connectivity index (χ2v) is 6.45. The molecule has 0 amide bonds. The van der Waals surface area contributed by atoms with Crippen LogP contribution in [0.25, 0.3) is 6.08 Å². The zero-order chi connectivity index (χ0) is 18.4. The van der Waals surface area contributed by atoms with Gasteiger partial charge < -0.3 is 13.9 Å². The maximum absolute atomic E-state index is 12.8. The molecule has 5 nitrogen and oxygen atoms in total. The highest BCUT2D eigenvalue weighted by Gasteiger charge is 2.39. The van der Waals surface area contributed by atoms with Gasteiger partial charge >= 0.3 is 5.97 Å². The zero-order valence-corrected chi connectivity index (χ0v) is 14.2. The average Bonchev–Trinajstić information content (AvgIpc) is 3.31. The third-order valence-corrected chi connectivity index (χ3v) is 4.76. The summed E-state index contributed by atoms with van der Waals surface area (Å²) in [7, 11) is 0. The highest BCUT2D eigenvalue weighted by Crippen LogP contribution is 2.48. The first-order chi connectivity index (χ1) is 13.2. The largest absolute Gasteiger partial charge is 0.469 e. The molecule has 2 aliphatic heterocycles. The van der Waals surface area contributed by atoms with Crippen LogP contribution in [0.4, 0.5) is 0 Å². The third-order valence-electron chi connectivity index (χ3n) is 4.76. The Labute approximate surface area is 154 Å². The van der Waals surface area contributed by atoms with Gasteiger partial charge in [0.2, 0.25) is 5.78 Å². The van der Waals surface area contributed by atoms with E-state index in [1.54, 1.807) is 30.5 Å². The lowest BCUT2D eigenvalue weighted by Crippen LogP contribution is -2.21. The van der Waals surface area contributed by atoms with Gasteiger partial charge in [0.25, 0.3) is 0 Å². The first-order valence-corrected chi connectivity index (χ1v) is 8.61. The van der Waals surface area contributed by atoms with Crippen molar-refractivity contribution >= 4 is 17.8 Å². The Bertz CT molecular complexity index is 1080. The van der Waals surface area contributed by atoms with Crippen molar-refractivity contribution in [2.45, 2.75) is 12.3 Å². The lowest BCUT2D eigenvalue weighted by atomic mass is 9.88. The van der Waals surface area contributed by atoms with Crippen LogP contribution in [0.15, 0.2) is 71.0 Å². The van der Waals surface area contributed by atoms with Crippen LogP contribution in [0.1, 0.15) is 39.6 Å². The second kappa shape index (κ2) is 5.99.